The van der Waals surface area contributed by atoms with E-state index in [2.05, 4.69) is 9.99 Å². The Kier molecular flexibility index (Phi) is 4.39. The Hall–Kier alpha value is -2.61. The van der Waals surface area contributed by atoms with Crippen LogP contribution in [0.2, 0.25) is 0 Å². The minimum atomic E-state index is -3.98. The lowest BCUT2D eigenvalue weighted by Gasteiger charge is -2.04. The fourth-order valence-corrected chi connectivity index (χ4v) is 2.26. The van der Waals surface area contributed by atoms with E-state index in [1.807, 2.05) is 6.92 Å². The van der Waals surface area contributed by atoms with Crippen molar-refractivity contribution in [2.24, 2.45) is 5.16 Å². The number of benzene rings is 1. The van der Waals surface area contributed by atoms with Crippen molar-refractivity contribution in [1.82, 2.24) is 4.72 Å². The third-order valence-electron chi connectivity index (χ3n) is 2.41. The van der Waals surface area contributed by atoms with Crippen molar-refractivity contribution in [1.29, 1.82) is 0 Å². The summed E-state index contributed by atoms with van der Waals surface area (Å²) in [5, 5.41) is 3.31. The third-order valence-corrected chi connectivity index (χ3v) is 3.74. The maximum absolute atomic E-state index is 11.9. The summed E-state index contributed by atoms with van der Waals surface area (Å²) in [4.78, 5) is 15.7. The van der Waals surface area contributed by atoms with Crippen LogP contribution in [0.25, 0.3) is 0 Å². The molecule has 0 unspecified atom stereocenters. The normalized spacial score (nSPS) is 11.5. The Balaban J connectivity index is 1.96. The minimum Gasteiger partial charge on any atom is -0.463 e. The van der Waals surface area contributed by atoms with Crippen LogP contribution in [0.5, 0.6) is 0 Å². The minimum absolute atomic E-state index is 0.0416. The number of hydrogen-bond acceptors (Lipinski definition) is 6. The predicted molar refractivity (Wildman–Crippen MR) is 74.3 cm³/mol. The number of carbonyl (C=O) groups excluding carboxylic acids is 1. The SMILES string of the molecule is Cc1ccc(S(=O)(=O)NC(=O)O/N=C\c2ccco2)cc1. The Labute approximate surface area is 121 Å². The number of nitrogens with zero attached hydrogens (tertiary/aromatic N) is 1. The van der Waals surface area contributed by atoms with Gasteiger partial charge in [0.05, 0.1) is 11.2 Å². The van der Waals surface area contributed by atoms with E-state index < -0.39 is 16.1 Å². The number of amides is 1. The number of furan rings is 1. The van der Waals surface area contributed by atoms with Gasteiger partial charge in [0.2, 0.25) is 0 Å². The lowest BCUT2D eigenvalue weighted by Crippen LogP contribution is -2.30. The van der Waals surface area contributed by atoms with Crippen molar-refractivity contribution >= 4 is 22.3 Å². The van der Waals surface area contributed by atoms with E-state index in [0.29, 0.717) is 5.76 Å². The van der Waals surface area contributed by atoms with Gasteiger partial charge in [-0.2, -0.15) is 0 Å². The molecule has 0 saturated carbocycles. The number of sulfonamides is 1. The van der Waals surface area contributed by atoms with E-state index in [1.165, 1.54) is 18.4 Å². The summed E-state index contributed by atoms with van der Waals surface area (Å²) in [6.07, 6.45) is 1.35. The number of carbonyl (C=O) groups is 1. The highest BCUT2D eigenvalue weighted by Crippen LogP contribution is 2.09. The maximum Gasteiger partial charge on any atom is 0.447 e. The first-order chi connectivity index (χ1) is 9.97. The molecule has 0 aliphatic carbocycles. The van der Waals surface area contributed by atoms with Gasteiger partial charge < -0.3 is 4.42 Å². The van der Waals surface area contributed by atoms with Gasteiger partial charge in [0, 0.05) is 0 Å². The molecule has 1 aromatic heterocycles. The Morgan fingerprint density at radius 1 is 1.29 bits per heavy atom. The van der Waals surface area contributed by atoms with Gasteiger partial charge in [0.25, 0.3) is 10.0 Å². The second-order valence-corrected chi connectivity index (χ2v) is 5.73. The number of aryl methyl sites for hydroxylation is 1. The van der Waals surface area contributed by atoms with E-state index >= 15 is 0 Å². The Bertz CT molecular complexity index is 733. The molecule has 1 N–H and O–H groups in total. The van der Waals surface area contributed by atoms with Crippen LogP contribution in [0.15, 0.2) is 57.1 Å². The molecule has 2 rings (SSSR count). The molecule has 8 heteroatoms. The van der Waals surface area contributed by atoms with Crippen LogP contribution < -0.4 is 4.72 Å². The number of oxime groups is 1. The van der Waals surface area contributed by atoms with Crippen molar-refractivity contribution in [3.8, 4) is 0 Å². The van der Waals surface area contributed by atoms with Crippen LogP contribution in [0, 0.1) is 6.92 Å². The molecule has 0 fully saturated rings. The highest BCUT2D eigenvalue weighted by Gasteiger charge is 2.18. The van der Waals surface area contributed by atoms with Crippen molar-refractivity contribution < 1.29 is 22.5 Å². The van der Waals surface area contributed by atoms with Crippen molar-refractivity contribution in [2.45, 2.75) is 11.8 Å². The Morgan fingerprint density at radius 3 is 2.62 bits per heavy atom. The molecule has 0 aliphatic rings. The van der Waals surface area contributed by atoms with E-state index in [-0.39, 0.29) is 4.90 Å². The van der Waals surface area contributed by atoms with E-state index in [1.54, 1.807) is 29.0 Å². The highest BCUT2D eigenvalue weighted by molar-refractivity contribution is 7.90. The molecule has 21 heavy (non-hydrogen) atoms. The zero-order valence-electron chi connectivity index (χ0n) is 11.0. The highest BCUT2D eigenvalue weighted by atomic mass is 32.2. The summed E-state index contributed by atoms with van der Waals surface area (Å²) in [6.45, 7) is 1.82. The fourth-order valence-electron chi connectivity index (χ4n) is 1.40. The topological polar surface area (TPSA) is 98.0 Å². The van der Waals surface area contributed by atoms with Crippen LogP contribution in [0.4, 0.5) is 4.79 Å². The van der Waals surface area contributed by atoms with Gasteiger partial charge in [-0.15, -0.1) is 0 Å². The van der Waals surface area contributed by atoms with E-state index in [9.17, 15) is 13.2 Å². The smallest absolute Gasteiger partial charge is 0.447 e. The second-order valence-electron chi connectivity index (χ2n) is 4.05. The van der Waals surface area contributed by atoms with Gasteiger partial charge in [0.1, 0.15) is 12.0 Å². The number of nitrogens with one attached hydrogen (secondary N) is 1. The molecule has 0 atom stereocenters. The molecule has 0 bridgehead atoms. The average Bonchev–Trinajstić information content (AvgIpc) is 2.92. The van der Waals surface area contributed by atoms with Crippen molar-refractivity contribution in [3.05, 3.63) is 54.0 Å². The number of hydrogen-bond donors (Lipinski definition) is 1. The summed E-state index contributed by atoms with van der Waals surface area (Å²) in [5.41, 5.74) is 0.902. The quantitative estimate of drug-likeness (QED) is 0.529. The van der Waals surface area contributed by atoms with Gasteiger partial charge in [-0.05, 0) is 31.2 Å². The zero-order chi connectivity index (χ0) is 15.3. The van der Waals surface area contributed by atoms with Gasteiger partial charge in [-0.1, -0.05) is 22.9 Å². The van der Waals surface area contributed by atoms with Crippen LogP contribution in [-0.4, -0.2) is 20.7 Å². The monoisotopic (exact) mass is 308 g/mol. The van der Waals surface area contributed by atoms with Crippen LogP contribution in [0.1, 0.15) is 11.3 Å². The van der Waals surface area contributed by atoms with Crippen molar-refractivity contribution in [3.63, 3.8) is 0 Å². The molecule has 0 spiro atoms. The van der Waals surface area contributed by atoms with Gasteiger partial charge >= 0.3 is 6.09 Å². The van der Waals surface area contributed by atoms with E-state index in [0.717, 1.165) is 11.8 Å². The van der Waals surface area contributed by atoms with Gasteiger partial charge in [-0.3, -0.25) is 4.84 Å². The third kappa shape index (κ3) is 4.18. The molecule has 1 aromatic carbocycles. The maximum atomic E-state index is 11.9. The van der Waals surface area contributed by atoms with Crippen LogP contribution >= 0.6 is 0 Å². The summed E-state index contributed by atoms with van der Waals surface area (Å²) in [5.74, 6) is 0.365. The average molecular weight is 308 g/mol. The molecule has 110 valence electrons. The summed E-state index contributed by atoms with van der Waals surface area (Å²) in [7, 11) is -3.98. The largest absolute Gasteiger partial charge is 0.463 e. The fraction of sp³-hybridized carbons (Fsp3) is 0.0769. The first-order valence-electron chi connectivity index (χ1n) is 5.85. The molecule has 2 aromatic rings. The predicted octanol–water partition coefficient (Wildman–Crippen LogP) is 2.04. The summed E-state index contributed by atoms with van der Waals surface area (Å²) in [6, 6.07) is 9.23. The molecule has 0 aliphatic heterocycles. The first-order valence-corrected chi connectivity index (χ1v) is 7.33. The lowest BCUT2D eigenvalue weighted by atomic mass is 10.2. The second kappa shape index (κ2) is 6.23. The Morgan fingerprint density at radius 2 is 2.00 bits per heavy atom. The summed E-state index contributed by atoms with van der Waals surface area (Å²) >= 11 is 0. The first kappa shape index (κ1) is 14.8. The zero-order valence-corrected chi connectivity index (χ0v) is 11.8. The van der Waals surface area contributed by atoms with Gasteiger partial charge in [-0.25, -0.2) is 17.9 Å². The molecular formula is C13H12N2O5S. The molecule has 7 nitrogen and oxygen atoms in total. The van der Waals surface area contributed by atoms with Gasteiger partial charge in [0.15, 0.2) is 0 Å². The van der Waals surface area contributed by atoms with Crippen molar-refractivity contribution in [2.75, 3.05) is 0 Å². The molecular weight excluding hydrogens is 296 g/mol. The lowest BCUT2D eigenvalue weighted by molar-refractivity contribution is 0.158. The summed E-state index contributed by atoms with van der Waals surface area (Å²) < 4.78 is 30.4. The molecule has 1 heterocycles. The number of rotatable bonds is 4. The molecule has 0 radical (unpaired) electrons. The molecule has 0 saturated heterocycles. The standard InChI is InChI=1S/C13H12N2O5S/c1-10-4-6-12(7-5-10)21(17,18)15-13(16)20-14-9-11-3-2-8-19-11/h2-9H,1H3,(H,15,16)/b14-9-. The van der Waals surface area contributed by atoms with E-state index in [4.69, 9.17) is 4.42 Å². The van der Waals surface area contributed by atoms with Crippen LogP contribution in [-0.2, 0) is 14.9 Å². The molecule has 1 amide bonds. The van der Waals surface area contributed by atoms with Crippen LogP contribution in [0.3, 0.4) is 0 Å².